The zero-order valence-corrected chi connectivity index (χ0v) is 21.0. The van der Waals surface area contributed by atoms with Crippen LogP contribution in [0.2, 0.25) is 0 Å². The van der Waals surface area contributed by atoms with E-state index in [0.29, 0.717) is 22.3 Å². The lowest BCUT2D eigenvalue weighted by atomic mass is 10.1. The van der Waals surface area contributed by atoms with Gasteiger partial charge in [-0.2, -0.15) is 0 Å². The van der Waals surface area contributed by atoms with Crippen molar-refractivity contribution in [1.29, 1.82) is 0 Å². The average Bonchev–Trinajstić information content (AvgIpc) is 3.61. The summed E-state index contributed by atoms with van der Waals surface area (Å²) in [6, 6.07) is 4.47. The molecule has 0 radical (unpaired) electrons. The Hall–Kier alpha value is -3.87. The average molecular weight is 513 g/mol. The SMILES string of the molecule is CC(C(=O)Nc1nnc(-c2ccc(N3CCC[C@@H]3C)c(F)c2)s1)n1cnc2c1c(=O)n(C)c(=O)n2C. The summed E-state index contributed by atoms with van der Waals surface area (Å²) in [5.41, 5.74) is 0.428. The molecular weight excluding hydrogens is 487 g/mol. The Morgan fingerprint density at radius 2 is 2.00 bits per heavy atom. The zero-order chi connectivity index (χ0) is 25.7. The lowest BCUT2D eigenvalue weighted by molar-refractivity contribution is -0.118. The molecule has 36 heavy (non-hydrogen) atoms. The molecule has 5 rings (SSSR count). The summed E-state index contributed by atoms with van der Waals surface area (Å²) in [4.78, 5) is 44.0. The molecule has 1 aromatic carbocycles. The quantitative estimate of drug-likeness (QED) is 0.436. The maximum Gasteiger partial charge on any atom is 0.332 e. The summed E-state index contributed by atoms with van der Waals surface area (Å²) in [6.07, 6.45) is 3.44. The van der Waals surface area contributed by atoms with Crippen molar-refractivity contribution in [3.05, 3.63) is 51.2 Å². The number of imidazole rings is 1. The van der Waals surface area contributed by atoms with Gasteiger partial charge in [-0.3, -0.25) is 24.0 Å². The lowest BCUT2D eigenvalue weighted by Gasteiger charge is -2.24. The van der Waals surface area contributed by atoms with Crippen LogP contribution in [0.1, 0.15) is 32.7 Å². The van der Waals surface area contributed by atoms with Crippen LogP contribution in [0.5, 0.6) is 0 Å². The highest BCUT2D eigenvalue weighted by Gasteiger charge is 2.25. The molecule has 0 bridgehead atoms. The predicted molar refractivity (Wildman–Crippen MR) is 135 cm³/mol. The number of fused-ring (bicyclic) bond motifs is 1. The number of carbonyl (C=O) groups is 1. The van der Waals surface area contributed by atoms with E-state index in [1.54, 1.807) is 19.1 Å². The van der Waals surface area contributed by atoms with Gasteiger partial charge in [-0.1, -0.05) is 11.3 Å². The summed E-state index contributed by atoms with van der Waals surface area (Å²) >= 11 is 1.12. The Bertz CT molecular complexity index is 1600. The monoisotopic (exact) mass is 512 g/mol. The summed E-state index contributed by atoms with van der Waals surface area (Å²) in [5.74, 6) is -0.768. The van der Waals surface area contributed by atoms with Crippen LogP contribution in [0.15, 0.2) is 34.1 Å². The Labute approximate surface area is 208 Å². The molecule has 0 saturated carbocycles. The van der Waals surface area contributed by atoms with Gasteiger partial charge in [0.25, 0.3) is 5.56 Å². The number of nitrogens with zero attached hydrogens (tertiary/aromatic N) is 7. The Kier molecular flexibility index (Phi) is 5.94. The van der Waals surface area contributed by atoms with Crippen molar-refractivity contribution < 1.29 is 9.18 Å². The molecule has 1 amide bonds. The molecule has 1 fully saturated rings. The third-order valence-electron chi connectivity index (χ3n) is 6.68. The first kappa shape index (κ1) is 23.9. The number of anilines is 2. The number of aryl methyl sites for hydroxylation is 1. The van der Waals surface area contributed by atoms with E-state index < -0.39 is 23.2 Å². The minimum Gasteiger partial charge on any atom is -0.366 e. The minimum atomic E-state index is -0.827. The van der Waals surface area contributed by atoms with Crippen molar-refractivity contribution in [1.82, 2.24) is 28.9 Å². The molecule has 188 valence electrons. The van der Waals surface area contributed by atoms with Crippen molar-refractivity contribution in [3.8, 4) is 10.6 Å². The number of carbonyl (C=O) groups excluding carboxylic acids is 1. The number of hydrogen-bond acceptors (Lipinski definition) is 8. The van der Waals surface area contributed by atoms with E-state index in [0.717, 1.165) is 35.3 Å². The molecule has 1 unspecified atom stereocenters. The van der Waals surface area contributed by atoms with E-state index in [9.17, 15) is 18.8 Å². The Morgan fingerprint density at radius 1 is 1.22 bits per heavy atom. The molecule has 4 aromatic rings. The molecule has 1 saturated heterocycles. The molecule has 4 heterocycles. The fourth-order valence-electron chi connectivity index (χ4n) is 4.55. The molecule has 13 heteroatoms. The molecule has 11 nitrogen and oxygen atoms in total. The second-order valence-corrected chi connectivity index (χ2v) is 9.94. The first-order valence-corrected chi connectivity index (χ1v) is 12.3. The van der Waals surface area contributed by atoms with Gasteiger partial charge in [0.1, 0.15) is 16.9 Å². The van der Waals surface area contributed by atoms with Crippen molar-refractivity contribution in [2.75, 3.05) is 16.8 Å². The highest BCUT2D eigenvalue weighted by atomic mass is 32.1. The Morgan fingerprint density at radius 3 is 2.69 bits per heavy atom. The van der Waals surface area contributed by atoms with Crippen LogP contribution in [-0.2, 0) is 18.9 Å². The van der Waals surface area contributed by atoms with E-state index in [4.69, 9.17) is 0 Å². The fraction of sp³-hybridized carbons (Fsp3) is 0.391. The van der Waals surface area contributed by atoms with Crippen LogP contribution >= 0.6 is 11.3 Å². The number of rotatable bonds is 5. The van der Waals surface area contributed by atoms with Crippen LogP contribution in [0, 0.1) is 5.82 Å². The molecule has 1 aliphatic rings. The summed E-state index contributed by atoms with van der Waals surface area (Å²) in [7, 11) is 2.88. The van der Waals surface area contributed by atoms with E-state index in [-0.39, 0.29) is 22.1 Å². The third kappa shape index (κ3) is 3.88. The molecule has 1 N–H and O–H groups in total. The Balaban J connectivity index is 1.36. The molecule has 3 aromatic heterocycles. The number of benzene rings is 1. The number of aromatic nitrogens is 6. The standard InChI is InChI=1S/C23H25FN8O3S/c1-12-6-5-9-31(12)16-8-7-14(10-15(16)24)20-27-28-22(36-20)26-19(33)13(2)32-11-25-18-17(32)21(34)30(4)23(35)29(18)3/h7-8,10-13H,5-6,9H2,1-4H3,(H,26,28,33)/t12-,13?/m0/s1. The van der Waals surface area contributed by atoms with Crippen LogP contribution < -0.4 is 21.5 Å². The van der Waals surface area contributed by atoms with Gasteiger partial charge in [0, 0.05) is 32.2 Å². The smallest absolute Gasteiger partial charge is 0.332 e. The molecule has 2 atom stereocenters. The molecule has 1 aliphatic heterocycles. The van der Waals surface area contributed by atoms with E-state index in [2.05, 4.69) is 32.3 Å². The van der Waals surface area contributed by atoms with Gasteiger partial charge in [0.2, 0.25) is 11.0 Å². The summed E-state index contributed by atoms with van der Waals surface area (Å²) < 4.78 is 18.5. The molecular formula is C23H25FN8O3S. The number of halogens is 1. The zero-order valence-electron chi connectivity index (χ0n) is 20.2. The normalized spacial score (nSPS) is 16.6. The summed E-state index contributed by atoms with van der Waals surface area (Å²) in [6.45, 7) is 4.53. The van der Waals surface area contributed by atoms with E-state index >= 15 is 0 Å². The van der Waals surface area contributed by atoms with Gasteiger partial charge < -0.3 is 9.47 Å². The van der Waals surface area contributed by atoms with Crippen LogP contribution in [-0.4, -0.2) is 47.4 Å². The van der Waals surface area contributed by atoms with E-state index in [1.165, 1.54) is 35.6 Å². The fourth-order valence-corrected chi connectivity index (χ4v) is 5.29. The van der Waals surface area contributed by atoms with Gasteiger partial charge in [-0.05, 0) is 44.9 Å². The van der Waals surface area contributed by atoms with E-state index in [1.807, 2.05) is 0 Å². The van der Waals surface area contributed by atoms with Gasteiger partial charge >= 0.3 is 5.69 Å². The van der Waals surface area contributed by atoms with Gasteiger partial charge in [0.15, 0.2) is 11.2 Å². The topological polar surface area (TPSA) is 120 Å². The maximum absolute atomic E-state index is 14.9. The molecule has 0 aliphatic carbocycles. The van der Waals surface area contributed by atoms with Crippen LogP contribution in [0.3, 0.4) is 0 Å². The second-order valence-electron chi connectivity index (χ2n) is 8.96. The highest BCUT2D eigenvalue weighted by molar-refractivity contribution is 7.18. The predicted octanol–water partition coefficient (Wildman–Crippen LogP) is 2.28. The highest BCUT2D eigenvalue weighted by Crippen LogP contribution is 2.33. The van der Waals surface area contributed by atoms with Crippen LogP contribution in [0.25, 0.3) is 21.7 Å². The lowest BCUT2D eigenvalue weighted by Crippen LogP contribution is -2.38. The van der Waals surface area contributed by atoms with Gasteiger partial charge in [-0.15, -0.1) is 10.2 Å². The van der Waals surface area contributed by atoms with Crippen molar-refractivity contribution in [2.24, 2.45) is 14.1 Å². The van der Waals surface area contributed by atoms with Crippen LogP contribution in [0.4, 0.5) is 15.2 Å². The minimum absolute atomic E-state index is 0.142. The van der Waals surface area contributed by atoms with Gasteiger partial charge in [-0.25, -0.2) is 14.2 Å². The number of hydrogen-bond donors (Lipinski definition) is 1. The van der Waals surface area contributed by atoms with Crippen molar-refractivity contribution >= 4 is 39.2 Å². The maximum atomic E-state index is 14.9. The van der Waals surface area contributed by atoms with Gasteiger partial charge in [0.05, 0.1) is 12.0 Å². The molecule has 0 spiro atoms. The van der Waals surface area contributed by atoms with Crippen molar-refractivity contribution in [2.45, 2.75) is 38.8 Å². The third-order valence-corrected chi connectivity index (χ3v) is 7.57. The summed E-state index contributed by atoms with van der Waals surface area (Å²) in [5, 5.41) is 11.5. The van der Waals surface area contributed by atoms with Crippen molar-refractivity contribution in [3.63, 3.8) is 0 Å². The largest absolute Gasteiger partial charge is 0.366 e. The first-order chi connectivity index (χ1) is 17.2. The number of nitrogens with one attached hydrogen (secondary N) is 1. The number of amides is 1. The first-order valence-electron chi connectivity index (χ1n) is 11.5. The second kappa shape index (κ2) is 8.97.